The summed E-state index contributed by atoms with van der Waals surface area (Å²) in [5, 5.41) is 8.53. The Morgan fingerprint density at radius 3 is 3.00 bits per heavy atom. The molecule has 49 valence electrons. The second-order valence-electron chi connectivity index (χ2n) is 1.83. The summed E-state index contributed by atoms with van der Waals surface area (Å²) in [4.78, 5) is 0. The molecule has 0 fully saturated rings. The van der Waals surface area contributed by atoms with Gasteiger partial charge in [-0.1, -0.05) is 6.07 Å². The van der Waals surface area contributed by atoms with Crippen LogP contribution in [0.3, 0.4) is 0 Å². The molecule has 0 spiro atoms. The summed E-state index contributed by atoms with van der Waals surface area (Å²) < 4.78 is 0. The fourth-order valence-corrected chi connectivity index (χ4v) is 0.906. The van der Waals surface area contributed by atoms with Crippen molar-refractivity contribution in [1.82, 2.24) is 0 Å². The maximum atomic E-state index is 8.53. The van der Waals surface area contributed by atoms with Gasteiger partial charge < -0.3 is 0 Å². The number of halogens is 1. The van der Waals surface area contributed by atoms with Crippen LogP contribution < -0.4 is 0 Å². The number of hydrogen-bond acceptors (Lipinski definition) is 1. The summed E-state index contributed by atoms with van der Waals surface area (Å²) in [6, 6.07) is 10.0. The lowest BCUT2D eigenvalue weighted by atomic mass is 10.1. The van der Waals surface area contributed by atoms with Gasteiger partial charge in [0, 0.05) is 5.88 Å². The summed E-state index contributed by atoms with van der Waals surface area (Å²) >= 11 is 5.54. The van der Waals surface area contributed by atoms with Crippen LogP contribution in [0.25, 0.3) is 0 Å². The Morgan fingerprint density at radius 1 is 1.70 bits per heavy atom. The van der Waals surface area contributed by atoms with Crippen LogP contribution in [-0.4, -0.2) is 0 Å². The van der Waals surface area contributed by atoms with Crippen molar-refractivity contribution in [2.45, 2.75) is 5.88 Å². The molecular formula is C8H5ClN. The van der Waals surface area contributed by atoms with E-state index in [1.165, 1.54) is 0 Å². The first kappa shape index (κ1) is 7.11. The van der Waals surface area contributed by atoms with Crippen molar-refractivity contribution in [3.8, 4) is 6.07 Å². The van der Waals surface area contributed by atoms with Crippen molar-refractivity contribution in [2.24, 2.45) is 0 Å². The maximum absolute atomic E-state index is 8.53. The lowest BCUT2D eigenvalue weighted by Gasteiger charge is -1.94. The summed E-state index contributed by atoms with van der Waals surface area (Å²) in [5.41, 5.74) is 1.47. The van der Waals surface area contributed by atoms with Crippen molar-refractivity contribution in [2.75, 3.05) is 0 Å². The third-order valence-corrected chi connectivity index (χ3v) is 1.50. The first-order valence-corrected chi connectivity index (χ1v) is 3.37. The standard InChI is InChI=1S/C8H5ClN/c9-5-7-3-1-2-4-8(7)6-10/h2-4H,5H2. The monoisotopic (exact) mass is 150 g/mol. The van der Waals surface area contributed by atoms with Gasteiger partial charge in [0.25, 0.3) is 0 Å². The van der Waals surface area contributed by atoms with Crippen molar-refractivity contribution in [3.63, 3.8) is 0 Å². The molecule has 0 aliphatic rings. The van der Waals surface area contributed by atoms with Gasteiger partial charge in [0.15, 0.2) is 0 Å². The van der Waals surface area contributed by atoms with Crippen molar-refractivity contribution in [1.29, 1.82) is 5.26 Å². The van der Waals surface area contributed by atoms with Crippen LogP contribution in [0, 0.1) is 17.4 Å². The molecule has 10 heavy (non-hydrogen) atoms. The molecule has 0 heterocycles. The number of nitrogens with zero attached hydrogens (tertiary/aromatic N) is 1. The SMILES string of the molecule is N#Cc1cc[c]cc1CCl. The van der Waals surface area contributed by atoms with E-state index in [9.17, 15) is 0 Å². The van der Waals surface area contributed by atoms with E-state index in [4.69, 9.17) is 16.9 Å². The maximum Gasteiger partial charge on any atom is 0.0994 e. The van der Waals surface area contributed by atoms with Crippen molar-refractivity contribution < 1.29 is 0 Å². The van der Waals surface area contributed by atoms with E-state index in [1.807, 2.05) is 6.07 Å². The van der Waals surface area contributed by atoms with Crippen LogP contribution in [0.5, 0.6) is 0 Å². The zero-order chi connectivity index (χ0) is 7.40. The third kappa shape index (κ3) is 1.29. The fraction of sp³-hybridized carbons (Fsp3) is 0.125. The van der Waals surface area contributed by atoms with Gasteiger partial charge in [-0.2, -0.15) is 5.26 Å². The van der Waals surface area contributed by atoms with Gasteiger partial charge in [0.05, 0.1) is 11.6 Å². The first-order chi connectivity index (χ1) is 4.88. The number of benzene rings is 1. The highest BCUT2D eigenvalue weighted by atomic mass is 35.5. The van der Waals surface area contributed by atoms with Crippen LogP contribution in [0.2, 0.25) is 0 Å². The topological polar surface area (TPSA) is 23.8 Å². The molecule has 0 amide bonds. The lowest BCUT2D eigenvalue weighted by Crippen LogP contribution is -1.83. The molecule has 1 rings (SSSR count). The van der Waals surface area contributed by atoms with E-state index >= 15 is 0 Å². The Morgan fingerprint density at radius 2 is 2.50 bits per heavy atom. The van der Waals surface area contributed by atoms with Gasteiger partial charge in [-0.15, -0.1) is 11.6 Å². The van der Waals surface area contributed by atoms with Gasteiger partial charge >= 0.3 is 0 Å². The first-order valence-electron chi connectivity index (χ1n) is 2.83. The molecule has 0 aliphatic heterocycles. The molecule has 1 aromatic carbocycles. The van der Waals surface area contributed by atoms with Crippen LogP contribution in [0.4, 0.5) is 0 Å². The highest BCUT2D eigenvalue weighted by molar-refractivity contribution is 6.17. The molecule has 0 aromatic heterocycles. The number of nitriles is 1. The van der Waals surface area contributed by atoms with E-state index in [-0.39, 0.29) is 0 Å². The molecule has 0 atom stereocenters. The second-order valence-corrected chi connectivity index (χ2v) is 2.10. The molecule has 0 N–H and O–H groups in total. The predicted molar refractivity (Wildman–Crippen MR) is 39.6 cm³/mol. The Bertz CT molecular complexity index is 262. The fourth-order valence-electron chi connectivity index (χ4n) is 0.685. The van der Waals surface area contributed by atoms with Crippen LogP contribution >= 0.6 is 11.6 Å². The molecule has 0 saturated carbocycles. The van der Waals surface area contributed by atoms with Crippen LogP contribution in [0.15, 0.2) is 18.2 Å². The quantitative estimate of drug-likeness (QED) is 0.563. The smallest absolute Gasteiger partial charge is 0.0994 e. The predicted octanol–water partition coefficient (Wildman–Crippen LogP) is 2.10. The Labute approximate surface area is 64.9 Å². The summed E-state index contributed by atoms with van der Waals surface area (Å²) in [6.07, 6.45) is 0. The molecule has 0 bridgehead atoms. The average Bonchev–Trinajstić information content (AvgIpc) is 2.04. The van der Waals surface area contributed by atoms with Gasteiger partial charge in [-0.3, -0.25) is 0 Å². The highest BCUT2D eigenvalue weighted by Crippen LogP contribution is 2.08. The van der Waals surface area contributed by atoms with Gasteiger partial charge in [-0.05, 0) is 23.8 Å². The zero-order valence-corrected chi connectivity index (χ0v) is 6.02. The average molecular weight is 151 g/mol. The number of rotatable bonds is 1. The normalized spacial score (nSPS) is 8.80. The molecule has 0 unspecified atom stereocenters. The molecule has 1 nitrogen and oxygen atoms in total. The molecule has 1 aromatic rings. The molecule has 0 aliphatic carbocycles. The lowest BCUT2D eigenvalue weighted by molar-refractivity contribution is 1.35. The molecule has 1 radical (unpaired) electrons. The minimum absolute atomic E-state index is 0.375. The summed E-state index contributed by atoms with van der Waals surface area (Å²) in [5.74, 6) is 0.375. The van der Waals surface area contributed by atoms with Gasteiger partial charge in [0.2, 0.25) is 0 Å². The number of alkyl halides is 1. The van der Waals surface area contributed by atoms with Gasteiger partial charge in [0.1, 0.15) is 0 Å². The Balaban J connectivity index is 3.12. The minimum Gasteiger partial charge on any atom is -0.192 e. The van der Waals surface area contributed by atoms with Crippen LogP contribution in [0.1, 0.15) is 11.1 Å². The van der Waals surface area contributed by atoms with E-state index in [0.29, 0.717) is 11.4 Å². The van der Waals surface area contributed by atoms with Crippen molar-refractivity contribution >= 4 is 11.6 Å². The second kappa shape index (κ2) is 3.24. The molecule has 2 heteroatoms. The van der Waals surface area contributed by atoms with E-state index in [0.717, 1.165) is 5.56 Å². The van der Waals surface area contributed by atoms with Crippen LogP contribution in [-0.2, 0) is 5.88 Å². The summed E-state index contributed by atoms with van der Waals surface area (Å²) in [7, 11) is 0. The zero-order valence-electron chi connectivity index (χ0n) is 5.26. The number of hydrogen-bond donors (Lipinski definition) is 0. The van der Waals surface area contributed by atoms with E-state index in [2.05, 4.69) is 6.07 Å². The van der Waals surface area contributed by atoms with Crippen molar-refractivity contribution in [3.05, 3.63) is 35.4 Å². The van der Waals surface area contributed by atoms with E-state index < -0.39 is 0 Å². The molecule has 0 saturated heterocycles. The van der Waals surface area contributed by atoms with E-state index in [1.54, 1.807) is 18.2 Å². The third-order valence-electron chi connectivity index (χ3n) is 1.21. The Hall–Kier alpha value is -1.00. The summed E-state index contributed by atoms with van der Waals surface area (Å²) in [6.45, 7) is 0. The minimum atomic E-state index is 0.375. The largest absolute Gasteiger partial charge is 0.192 e. The Kier molecular flexibility index (Phi) is 2.30. The van der Waals surface area contributed by atoms with Gasteiger partial charge in [-0.25, -0.2) is 0 Å². The highest BCUT2D eigenvalue weighted by Gasteiger charge is 1.96. The molecular weight excluding hydrogens is 146 g/mol.